The van der Waals surface area contributed by atoms with Gasteiger partial charge < -0.3 is 10.6 Å². The molecule has 22 heavy (non-hydrogen) atoms. The number of piperidine rings is 1. The molecule has 3 rings (SSSR count). The van der Waals surface area contributed by atoms with Crippen molar-refractivity contribution in [2.45, 2.75) is 51.0 Å². The van der Waals surface area contributed by atoms with Crippen molar-refractivity contribution in [3.05, 3.63) is 21.3 Å². The van der Waals surface area contributed by atoms with Crippen LogP contribution in [0.2, 0.25) is 4.34 Å². The number of amides is 1. The highest BCUT2D eigenvalue weighted by Crippen LogP contribution is 2.29. The Morgan fingerprint density at radius 3 is 2.77 bits per heavy atom. The predicted molar refractivity (Wildman–Crippen MR) is 92.3 cm³/mol. The molecule has 1 aromatic heterocycles. The zero-order valence-corrected chi connectivity index (χ0v) is 14.5. The van der Waals surface area contributed by atoms with Crippen LogP contribution in [0.15, 0.2) is 11.4 Å². The molecule has 122 valence electrons. The van der Waals surface area contributed by atoms with E-state index in [1.807, 2.05) is 11.0 Å². The van der Waals surface area contributed by atoms with Crippen LogP contribution in [-0.4, -0.2) is 29.9 Å². The Kier molecular flexibility index (Phi) is 5.42. The summed E-state index contributed by atoms with van der Waals surface area (Å²) in [4.78, 5) is 14.8. The summed E-state index contributed by atoms with van der Waals surface area (Å²) in [5, 5.41) is 2.12. The van der Waals surface area contributed by atoms with Gasteiger partial charge in [-0.25, -0.2) is 0 Å². The fourth-order valence-corrected chi connectivity index (χ4v) is 4.89. The number of rotatable bonds is 3. The quantitative estimate of drug-likeness (QED) is 0.911. The van der Waals surface area contributed by atoms with E-state index in [4.69, 9.17) is 17.3 Å². The van der Waals surface area contributed by atoms with Crippen molar-refractivity contribution >= 4 is 28.8 Å². The molecule has 0 radical (unpaired) electrons. The van der Waals surface area contributed by atoms with Crippen molar-refractivity contribution in [2.75, 3.05) is 13.1 Å². The molecule has 2 fully saturated rings. The van der Waals surface area contributed by atoms with Gasteiger partial charge in [0.2, 0.25) is 5.91 Å². The van der Waals surface area contributed by atoms with Gasteiger partial charge in [0.05, 0.1) is 4.34 Å². The molecule has 2 unspecified atom stereocenters. The molecule has 1 aliphatic heterocycles. The van der Waals surface area contributed by atoms with E-state index < -0.39 is 0 Å². The molecule has 2 aliphatic rings. The van der Waals surface area contributed by atoms with Gasteiger partial charge in [-0.3, -0.25) is 4.79 Å². The van der Waals surface area contributed by atoms with Gasteiger partial charge in [0.15, 0.2) is 0 Å². The number of hydrogen-bond acceptors (Lipinski definition) is 3. The van der Waals surface area contributed by atoms with Gasteiger partial charge in [-0.1, -0.05) is 30.9 Å². The van der Waals surface area contributed by atoms with E-state index in [1.54, 1.807) is 11.3 Å². The zero-order chi connectivity index (χ0) is 15.5. The Labute approximate surface area is 141 Å². The summed E-state index contributed by atoms with van der Waals surface area (Å²) in [7, 11) is 0. The average Bonchev–Trinajstić information content (AvgIpc) is 2.92. The number of nitrogens with two attached hydrogens (primary N) is 1. The Hall–Kier alpha value is -0.580. The average molecular weight is 341 g/mol. The van der Waals surface area contributed by atoms with Crippen LogP contribution in [0.3, 0.4) is 0 Å². The maximum Gasteiger partial charge on any atom is 0.225 e. The zero-order valence-electron chi connectivity index (χ0n) is 13.0. The topological polar surface area (TPSA) is 46.3 Å². The molecule has 5 heteroatoms. The smallest absolute Gasteiger partial charge is 0.225 e. The highest BCUT2D eigenvalue weighted by atomic mass is 35.5. The Balaban J connectivity index is 1.61. The SMILES string of the molecule is NC1CC(Cc2csc(Cl)c2)CN(C(=O)C2CCCCC2)C1. The molecule has 1 saturated heterocycles. The van der Waals surface area contributed by atoms with E-state index in [0.29, 0.717) is 11.8 Å². The van der Waals surface area contributed by atoms with Gasteiger partial charge in [0.25, 0.3) is 0 Å². The molecule has 3 nitrogen and oxygen atoms in total. The molecule has 0 bridgehead atoms. The summed E-state index contributed by atoms with van der Waals surface area (Å²) in [6.45, 7) is 1.59. The lowest BCUT2D eigenvalue weighted by atomic mass is 9.85. The third kappa shape index (κ3) is 4.03. The minimum atomic E-state index is 0.111. The molecule has 1 aliphatic carbocycles. The third-order valence-electron chi connectivity index (χ3n) is 4.98. The molecule has 2 N–H and O–H groups in total. The fourth-order valence-electron chi connectivity index (χ4n) is 3.97. The van der Waals surface area contributed by atoms with Crippen LogP contribution in [0.25, 0.3) is 0 Å². The van der Waals surface area contributed by atoms with Gasteiger partial charge >= 0.3 is 0 Å². The van der Waals surface area contributed by atoms with E-state index in [0.717, 1.165) is 43.1 Å². The standard InChI is InChI=1S/C17H25ClN2OS/c18-16-8-13(11-22-16)6-12-7-15(19)10-20(9-12)17(21)14-4-2-1-3-5-14/h8,11-12,14-15H,1-7,9-10,19H2. The van der Waals surface area contributed by atoms with Gasteiger partial charge in [-0.15, -0.1) is 11.3 Å². The lowest BCUT2D eigenvalue weighted by Gasteiger charge is -2.38. The Morgan fingerprint density at radius 2 is 2.09 bits per heavy atom. The van der Waals surface area contributed by atoms with Crippen LogP contribution in [0.1, 0.15) is 44.1 Å². The normalized spacial score (nSPS) is 27.1. The maximum absolute atomic E-state index is 12.8. The van der Waals surface area contributed by atoms with Crippen LogP contribution < -0.4 is 5.73 Å². The fraction of sp³-hybridized carbons (Fsp3) is 0.706. The van der Waals surface area contributed by atoms with Crippen molar-refractivity contribution < 1.29 is 4.79 Å². The van der Waals surface area contributed by atoms with Crippen LogP contribution in [0, 0.1) is 11.8 Å². The lowest BCUT2D eigenvalue weighted by molar-refractivity contribution is -0.138. The van der Waals surface area contributed by atoms with E-state index in [2.05, 4.69) is 5.38 Å². The lowest BCUT2D eigenvalue weighted by Crippen LogP contribution is -2.51. The van der Waals surface area contributed by atoms with Gasteiger partial charge in [0.1, 0.15) is 0 Å². The summed E-state index contributed by atoms with van der Waals surface area (Å²) >= 11 is 7.59. The number of nitrogens with zero attached hydrogens (tertiary/aromatic N) is 1. The second kappa shape index (κ2) is 7.33. The van der Waals surface area contributed by atoms with E-state index in [-0.39, 0.29) is 12.0 Å². The first-order valence-corrected chi connectivity index (χ1v) is 9.65. The van der Waals surface area contributed by atoms with Crippen molar-refractivity contribution in [1.29, 1.82) is 0 Å². The van der Waals surface area contributed by atoms with E-state index >= 15 is 0 Å². The second-order valence-electron chi connectivity index (χ2n) is 6.90. The van der Waals surface area contributed by atoms with Crippen molar-refractivity contribution in [3.63, 3.8) is 0 Å². The number of hydrogen-bond donors (Lipinski definition) is 1. The second-order valence-corrected chi connectivity index (χ2v) is 8.45. The summed E-state index contributed by atoms with van der Waals surface area (Å²) in [6, 6.07) is 2.15. The van der Waals surface area contributed by atoms with Crippen molar-refractivity contribution in [3.8, 4) is 0 Å². The van der Waals surface area contributed by atoms with Crippen LogP contribution in [0.5, 0.6) is 0 Å². The number of likely N-dealkylation sites (tertiary alicyclic amines) is 1. The monoisotopic (exact) mass is 340 g/mol. The maximum atomic E-state index is 12.8. The predicted octanol–water partition coefficient (Wildman–Crippen LogP) is 3.70. The number of carbonyl (C=O) groups excluding carboxylic acids is 1. The third-order valence-corrected chi connectivity index (χ3v) is 6.12. The van der Waals surface area contributed by atoms with Crippen molar-refractivity contribution in [2.24, 2.45) is 17.6 Å². The minimum absolute atomic E-state index is 0.111. The van der Waals surface area contributed by atoms with Gasteiger partial charge in [-0.2, -0.15) is 0 Å². The molecular weight excluding hydrogens is 316 g/mol. The summed E-state index contributed by atoms with van der Waals surface area (Å²) in [5.41, 5.74) is 7.50. The number of thiophene rings is 1. The van der Waals surface area contributed by atoms with Crippen LogP contribution in [-0.2, 0) is 11.2 Å². The van der Waals surface area contributed by atoms with Crippen molar-refractivity contribution in [1.82, 2.24) is 4.90 Å². The first kappa shape index (κ1) is 16.3. The first-order valence-electron chi connectivity index (χ1n) is 8.39. The van der Waals surface area contributed by atoms with Crippen LogP contribution in [0.4, 0.5) is 0 Å². The summed E-state index contributed by atoms with van der Waals surface area (Å²) in [6.07, 6.45) is 7.79. The van der Waals surface area contributed by atoms with E-state index in [1.165, 1.54) is 24.8 Å². The molecule has 1 amide bonds. The Bertz CT molecular complexity index is 513. The number of carbonyl (C=O) groups is 1. The molecule has 2 heterocycles. The summed E-state index contributed by atoms with van der Waals surface area (Å²) < 4.78 is 0.838. The number of halogens is 1. The largest absolute Gasteiger partial charge is 0.341 e. The van der Waals surface area contributed by atoms with Gasteiger partial charge in [0, 0.05) is 25.0 Å². The molecule has 1 saturated carbocycles. The molecular formula is C17H25ClN2OS. The van der Waals surface area contributed by atoms with Gasteiger partial charge in [-0.05, 0) is 48.6 Å². The molecule has 1 aromatic rings. The Morgan fingerprint density at radius 1 is 1.32 bits per heavy atom. The van der Waals surface area contributed by atoms with E-state index in [9.17, 15) is 4.79 Å². The molecule has 2 atom stereocenters. The minimum Gasteiger partial charge on any atom is -0.341 e. The highest BCUT2D eigenvalue weighted by Gasteiger charge is 2.32. The molecule has 0 spiro atoms. The first-order chi connectivity index (χ1) is 10.6. The van der Waals surface area contributed by atoms with Crippen LogP contribution >= 0.6 is 22.9 Å². The molecule has 0 aromatic carbocycles. The highest BCUT2D eigenvalue weighted by molar-refractivity contribution is 7.14. The summed E-state index contributed by atoms with van der Waals surface area (Å²) in [5.74, 6) is 1.06.